The molecule has 0 aliphatic carbocycles. The van der Waals surface area contributed by atoms with Crippen molar-refractivity contribution >= 4 is 21.9 Å². The van der Waals surface area contributed by atoms with Crippen LogP contribution in [0.1, 0.15) is 32.8 Å². The summed E-state index contributed by atoms with van der Waals surface area (Å²) < 4.78 is 33.9. The van der Waals surface area contributed by atoms with Gasteiger partial charge in [0.15, 0.2) is 9.84 Å². The number of carbonyl (C=O) groups is 2. The van der Waals surface area contributed by atoms with E-state index in [-0.39, 0.29) is 25.4 Å². The first-order chi connectivity index (χ1) is 12.5. The Morgan fingerprint density at radius 2 is 1.81 bits per heavy atom. The van der Waals surface area contributed by atoms with Crippen molar-refractivity contribution in [2.24, 2.45) is 0 Å². The van der Waals surface area contributed by atoms with E-state index in [1.165, 1.54) is 6.92 Å². The quantitative estimate of drug-likeness (QED) is 0.569. The Bertz CT molecular complexity index is 716. The molecule has 27 heavy (non-hydrogen) atoms. The van der Waals surface area contributed by atoms with Crippen LogP contribution in [0, 0.1) is 0 Å². The Hall–Kier alpha value is -2.13. The van der Waals surface area contributed by atoms with E-state index < -0.39 is 39.3 Å². The molecule has 1 rings (SSSR count). The predicted octanol–water partition coefficient (Wildman–Crippen LogP) is 1.42. The number of alkyl carbamates (subject to hydrolysis) is 1. The van der Waals surface area contributed by atoms with Gasteiger partial charge in [-0.15, -0.1) is 0 Å². The topological polar surface area (TPSA) is 119 Å². The van der Waals surface area contributed by atoms with E-state index in [1.807, 2.05) is 30.3 Å². The Labute approximate surface area is 159 Å². The SMILES string of the molecule is CC(=O)OCC(O)CS(=O)(=O)CCC(C)(C)NC(=O)OCc1ccccc1. The number of aliphatic hydroxyl groups excluding tert-OH is 1. The molecule has 0 aliphatic heterocycles. The fraction of sp³-hybridized carbons (Fsp3) is 0.556. The average molecular weight is 401 g/mol. The van der Waals surface area contributed by atoms with Gasteiger partial charge in [-0.3, -0.25) is 4.79 Å². The third-order valence-electron chi connectivity index (χ3n) is 3.62. The number of benzene rings is 1. The van der Waals surface area contributed by atoms with Crippen LogP contribution < -0.4 is 5.32 Å². The highest BCUT2D eigenvalue weighted by atomic mass is 32.2. The van der Waals surface area contributed by atoms with Crippen LogP contribution in [0.5, 0.6) is 0 Å². The van der Waals surface area contributed by atoms with Gasteiger partial charge >= 0.3 is 12.1 Å². The van der Waals surface area contributed by atoms with Crippen molar-refractivity contribution in [1.82, 2.24) is 5.32 Å². The number of ether oxygens (including phenoxy) is 2. The lowest BCUT2D eigenvalue weighted by molar-refractivity contribution is -0.143. The molecule has 1 amide bonds. The third-order valence-corrected chi connectivity index (χ3v) is 5.34. The second-order valence-corrected chi connectivity index (χ2v) is 9.12. The molecule has 0 aliphatic rings. The molecule has 8 nitrogen and oxygen atoms in total. The van der Waals surface area contributed by atoms with Crippen molar-refractivity contribution in [2.75, 3.05) is 18.1 Å². The number of esters is 1. The van der Waals surface area contributed by atoms with Gasteiger partial charge in [0, 0.05) is 12.5 Å². The zero-order valence-corrected chi connectivity index (χ0v) is 16.6. The molecule has 2 N–H and O–H groups in total. The van der Waals surface area contributed by atoms with Crippen LogP contribution in [0.4, 0.5) is 4.79 Å². The minimum absolute atomic E-state index is 0.114. The molecule has 0 bridgehead atoms. The number of nitrogens with one attached hydrogen (secondary N) is 1. The molecule has 0 spiro atoms. The summed E-state index contributed by atoms with van der Waals surface area (Å²) in [6.07, 6.45) is -1.79. The Morgan fingerprint density at radius 1 is 1.19 bits per heavy atom. The van der Waals surface area contributed by atoms with Crippen LogP contribution in [0.15, 0.2) is 30.3 Å². The van der Waals surface area contributed by atoms with Gasteiger partial charge in [-0.1, -0.05) is 30.3 Å². The monoisotopic (exact) mass is 401 g/mol. The van der Waals surface area contributed by atoms with Gasteiger partial charge < -0.3 is 19.9 Å². The van der Waals surface area contributed by atoms with E-state index in [2.05, 4.69) is 10.1 Å². The molecule has 152 valence electrons. The normalized spacial score (nSPS) is 12.9. The molecule has 0 aromatic heterocycles. The molecule has 0 fully saturated rings. The maximum atomic E-state index is 12.1. The maximum absolute atomic E-state index is 12.1. The minimum Gasteiger partial charge on any atom is -0.463 e. The van der Waals surface area contributed by atoms with Crippen LogP contribution in [-0.2, 0) is 30.7 Å². The lowest BCUT2D eigenvalue weighted by Gasteiger charge is -2.26. The number of rotatable bonds is 10. The van der Waals surface area contributed by atoms with Crippen molar-refractivity contribution in [3.63, 3.8) is 0 Å². The first kappa shape index (κ1) is 22.9. The van der Waals surface area contributed by atoms with E-state index in [9.17, 15) is 23.1 Å². The maximum Gasteiger partial charge on any atom is 0.407 e. The van der Waals surface area contributed by atoms with E-state index >= 15 is 0 Å². The Morgan fingerprint density at radius 3 is 2.41 bits per heavy atom. The van der Waals surface area contributed by atoms with Crippen molar-refractivity contribution in [3.05, 3.63) is 35.9 Å². The number of hydrogen-bond acceptors (Lipinski definition) is 7. The summed E-state index contributed by atoms with van der Waals surface area (Å²) in [5.74, 6) is -1.35. The van der Waals surface area contributed by atoms with Gasteiger partial charge in [0.1, 0.15) is 19.3 Å². The smallest absolute Gasteiger partial charge is 0.407 e. The molecule has 1 aromatic carbocycles. The van der Waals surface area contributed by atoms with Gasteiger partial charge in [-0.2, -0.15) is 0 Å². The highest BCUT2D eigenvalue weighted by Crippen LogP contribution is 2.12. The standard InChI is InChI=1S/C18H27NO7S/c1-14(20)25-12-16(21)13-27(23,24)10-9-18(2,3)19-17(22)26-11-15-7-5-4-6-8-15/h4-8,16,21H,9-13H2,1-3H3,(H,19,22). The zero-order valence-electron chi connectivity index (χ0n) is 15.8. The minimum atomic E-state index is -3.59. The van der Waals surface area contributed by atoms with E-state index in [0.717, 1.165) is 5.56 Å². The van der Waals surface area contributed by atoms with E-state index in [1.54, 1.807) is 13.8 Å². The third kappa shape index (κ3) is 10.6. The molecule has 0 saturated heterocycles. The van der Waals surface area contributed by atoms with Crippen molar-refractivity contribution in [3.8, 4) is 0 Å². The summed E-state index contributed by atoms with van der Waals surface area (Å²) in [6.45, 7) is 4.28. The highest BCUT2D eigenvalue weighted by Gasteiger charge is 2.26. The van der Waals surface area contributed by atoms with Crippen LogP contribution in [0.3, 0.4) is 0 Å². The van der Waals surface area contributed by atoms with E-state index in [0.29, 0.717) is 0 Å². The number of hydrogen-bond donors (Lipinski definition) is 2. The lowest BCUT2D eigenvalue weighted by Crippen LogP contribution is -2.45. The lowest BCUT2D eigenvalue weighted by atomic mass is 10.0. The molecule has 1 atom stereocenters. The van der Waals surface area contributed by atoms with Crippen molar-refractivity contribution < 1.29 is 32.6 Å². The average Bonchev–Trinajstić information content (AvgIpc) is 2.57. The summed E-state index contributed by atoms with van der Waals surface area (Å²) in [5.41, 5.74) is 0.0246. The number of sulfone groups is 1. The first-order valence-electron chi connectivity index (χ1n) is 8.50. The summed E-state index contributed by atoms with van der Waals surface area (Å²) in [7, 11) is -3.59. The van der Waals surface area contributed by atoms with Crippen LogP contribution in [0.2, 0.25) is 0 Å². The number of aliphatic hydroxyl groups is 1. The van der Waals surface area contributed by atoms with Gasteiger partial charge in [-0.25, -0.2) is 13.2 Å². The summed E-state index contributed by atoms with van der Waals surface area (Å²) in [4.78, 5) is 22.6. The summed E-state index contributed by atoms with van der Waals surface area (Å²) in [5, 5.41) is 12.3. The fourth-order valence-electron chi connectivity index (χ4n) is 2.15. The zero-order chi connectivity index (χ0) is 20.5. The first-order valence-corrected chi connectivity index (χ1v) is 10.3. The predicted molar refractivity (Wildman–Crippen MR) is 99.8 cm³/mol. The molecular weight excluding hydrogens is 374 g/mol. The van der Waals surface area contributed by atoms with Crippen LogP contribution in [0.25, 0.3) is 0 Å². The number of amides is 1. The molecular formula is C18H27NO7S. The van der Waals surface area contributed by atoms with Crippen LogP contribution >= 0.6 is 0 Å². The summed E-state index contributed by atoms with van der Waals surface area (Å²) in [6, 6.07) is 9.18. The fourth-order valence-corrected chi connectivity index (χ4v) is 3.82. The van der Waals surface area contributed by atoms with Gasteiger partial charge in [0.05, 0.1) is 11.5 Å². The molecule has 0 radical (unpaired) electrons. The van der Waals surface area contributed by atoms with Crippen molar-refractivity contribution in [2.45, 2.75) is 45.4 Å². The summed E-state index contributed by atoms with van der Waals surface area (Å²) >= 11 is 0. The number of carbonyl (C=O) groups excluding carboxylic acids is 2. The second kappa shape index (κ2) is 10.3. The van der Waals surface area contributed by atoms with Crippen molar-refractivity contribution in [1.29, 1.82) is 0 Å². The van der Waals surface area contributed by atoms with Gasteiger partial charge in [0.2, 0.25) is 0 Å². The molecule has 0 heterocycles. The molecule has 1 unspecified atom stereocenters. The van der Waals surface area contributed by atoms with Crippen LogP contribution in [-0.4, -0.2) is 55.3 Å². The molecule has 9 heteroatoms. The Kier molecular flexibility index (Phi) is 8.71. The highest BCUT2D eigenvalue weighted by molar-refractivity contribution is 7.91. The van der Waals surface area contributed by atoms with E-state index in [4.69, 9.17) is 4.74 Å². The largest absolute Gasteiger partial charge is 0.463 e. The van der Waals surface area contributed by atoms with Gasteiger partial charge in [0.25, 0.3) is 0 Å². The second-order valence-electron chi connectivity index (χ2n) is 6.89. The molecule has 0 saturated carbocycles. The Balaban J connectivity index is 2.41. The van der Waals surface area contributed by atoms with Gasteiger partial charge in [-0.05, 0) is 25.8 Å². The molecule has 1 aromatic rings.